The lowest BCUT2D eigenvalue weighted by Gasteiger charge is -2.60. The number of benzene rings is 2. The molecule has 47 heavy (non-hydrogen) atoms. The van der Waals surface area contributed by atoms with Crippen molar-refractivity contribution in [3.8, 4) is 5.75 Å². The highest BCUT2D eigenvalue weighted by Gasteiger charge is 2.60. The van der Waals surface area contributed by atoms with Crippen LogP contribution in [-0.4, -0.2) is 22.7 Å². The summed E-state index contributed by atoms with van der Waals surface area (Å²) in [5.41, 5.74) is 7.02. The summed E-state index contributed by atoms with van der Waals surface area (Å²) in [5.74, 6) is 6.82. The largest absolute Gasteiger partial charge is 0.508 e. The molecule has 0 amide bonds. The quantitative estimate of drug-likeness (QED) is 0.216. The van der Waals surface area contributed by atoms with E-state index in [4.69, 9.17) is 0 Å². The summed E-state index contributed by atoms with van der Waals surface area (Å²) in [6, 6.07) is 16.0. The smallest absolute Gasteiger partial charge is 0.116 e. The Morgan fingerprint density at radius 2 is 1.62 bits per heavy atom. The van der Waals surface area contributed by atoms with E-state index in [0.717, 1.165) is 48.8 Å². The molecule has 3 spiro atoms. The van der Waals surface area contributed by atoms with Crippen LogP contribution in [0.2, 0.25) is 0 Å². The van der Waals surface area contributed by atoms with Gasteiger partial charge in [-0.15, -0.1) is 0 Å². The molecule has 0 radical (unpaired) electrons. The first kappa shape index (κ1) is 32.8. The lowest BCUT2D eigenvalue weighted by atomic mass is 9.44. The maximum Gasteiger partial charge on any atom is 0.116 e. The molecule has 1 aliphatic heterocycles. The van der Waals surface area contributed by atoms with Crippen molar-refractivity contribution >= 4 is 21.6 Å². The van der Waals surface area contributed by atoms with Crippen LogP contribution in [0.1, 0.15) is 120 Å². The molecule has 8 rings (SSSR count). The van der Waals surface area contributed by atoms with Gasteiger partial charge >= 0.3 is 0 Å². The fraction of sp³-hybridized carbons (Fsp3) is 0.674. The molecule has 2 aromatic carbocycles. The number of aromatic hydroxyl groups is 1. The van der Waals surface area contributed by atoms with E-state index in [-0.39, 0.29) is 0 Å². The third-order valence-electron chi connectivity index (χ3n) is 14.2. The van der Waals surface area contributed by atoms with Gasteiger partial charge in [-0.3, -0.25) is 0 Å². The van der Waals surface area contributed by atoms with Crippen LogP contribution >= 0.6 is 21.6 Å². The molecule has 2 nitrogen and oxygen atoms in total. The standard InChI is InChI=1S/C43H59NOS2/c1-30-8-7-13-43(23-30)29-42(15-14-41(28-42)11-5-6-12-41)24-39-37-18-33-16-32(20-38(45)21-33)17-35-9-3-4-10-36(35)25-44-31(2)26-46-47-27-34(19-37)22-40(39)43/h3-4,7,9-10,13,16,20-21,30-31,34,37,39-40,44-45H,5-6,8,11-12,14-15,17-19,22-29H2,1-2H3/t30-,31-,34-,37+,39-,40-,42+,43+/m1/s1. The molecular formula is C43H59NOS2. The predicted molar refractivity (Wildman–Crippen MR) is 202 cm³/mol. The number of allylic oxidation sites excluding steroid dienone is 2. The minimum absolute atomic E-state index is 0.393. The number of phenolic OH excluding ortho intramolecular Hbond substituents is 1. The Kier molecular flexibility index (Phi) is 9.36. The Morgan fingerprint density at radius 1 is 0.830 bits per heavy atom. The average molecular weight is 670 g/mol. The Morgan fingerprint density at radius 3 is 2.47 bits per heavy atom. The second-order valence-corrected chi connectivity index (χ2v) is 20.4. The van der Waals surface area contributed by atoms with Crippen LogP contribution in [0.5, 0.6) is 5.75 Å². The summed E-state index contributed by atoms with van der Waals surface area (Å²) in [6.45, 7) is 5.80. The molecule has 5 aliphatic carbocycles. The van der Waals surface area contributed by atoms with Gasteiger partial charge < -0.3 is 10.4 Å². The molecule has 2 aromatic rings. The summed E-state index contributed by atoms with van der Waals surface area (Å²) in [6.07, 6.45) is 26.4. The minimum atomic E-state index is 0.393. The lowest BCUT2D eigenvalue weighted by Crippen LogP contribution is -2.52. The number of fused-ring (bicyclic) bond motifs is 8. The molecule has 254 valence electrons. The summed E-state index contributed by atoms with van der Waals surface area (Å²) in [5, 5.41) is 14.9. The molecule has 2 N–H and O–H groups in total. The maximum absolute atomic E-state index is 11.1. The van der Waals surface area contributed by atoms with Crippen molar-refractivity contribution in [1.82, 2.24) is 5.32 Å². The van der Waals surface area contributed by atoms with Gasteiger partial charge in [-0.25, -0.2) is 0 Å². The topological polar surface area (TPSA) is 32.3 Å². The summed E-state index contributed by atoms with van der Waals surface area (Å²) in [7, 11) is 4.26. The normalized spacial score (nSPS) is 38.7. The Bertz CT molecular complexity index is 1450. The van der Waals surface area contributed by atoms with E-state index in [1.54, 1.807) is 0 Å². The van der Waals surface area contributed by atoms with Gasteiger partial charge in [0.1, 0.15) is 5.75 Å². The van der Waals surface area contributed by atoms with E-state index in [1.807, 2.05) is 6.07 Å². The third-order valence-corrected chi connectivity index (χ3v) is 16.9. The van der Waals surface area contributed by atoms with E-state index in [9.17, 15) is 5.11 Å². The van der Waals surface area contributed by atoms with Crippen molar-refractivity contribution in [3.63, 3.8) is 0 Å². The van der Waals surface area contributed by atoms with Crippen molar-refractivity contribution in [2.24, 2.45) is 45.8 Å². The van der Waals surface area contributed by atoms with Crippen LogP contribution in [0.3, 0.4) is 0 Å². The lowest BCUT2D eigenvalue weighted by molar-refractivity contribution is -0.0841. The molecule has 0 aromatic heterocycles. The number of hydrogen-bond acceptors (Lipinski definition) is 4. The first-order valence-corrected chi connectivity index (χ1v) is 21.8. The van der Waals surface area contributed by atoms with Crippen LogP contribution in [0, 0.1) is 45.8 Å². The zero-order valence-electron chi connectivity index (χ0n) is 29.2. The van der Waals surface area contributed by atoms with Gasteiger partial charge in [0.05, 0.1) is 0 Å². The van der Waals surface area contributed by atoms with Gasteiger partial charge in [-0.05, 0) is 171 Å². The highest BCUT2D eigenvalue weighted by molar-refractivity contribution is 8.76. The van der Waals surface area contributed by atoms with Crippen LogP contribution in [0.4, 0.5) is 0 Å². The fourth-order valence-corrected chi connectivity index (χ4v) is 15.2. The third kappa shape index (κ3) is 6.88. The second kappa shape index (κ2) is 13.4. The van der Waals surface area contributed by atoms with Crippen molar-refractivity contribution in [1.29, 1.82) is 0 Å². The maximum atomic E-state index is 11.1. The van der Waals surface area contributed by atoms with Gasteiger partial charge in [-0.2, -0.15) is 0 Å². The number of hydrogen-bond donors (Lipinski definition) is 2. The molecule has 4 saturated carbocycles. The van der Waals surface area contributed by atoms with Crippen LogP contribution in [0.15, 0.2) is 54.6 Å². The Hall–Kier alpha value is -1.36. The predicted octanol–water partition coefficient (Wildman–Crippen LogP) is 11.2. The van der Waals surface area contributed by atoms with Crippen LogP contribution < -0.4 is 5.32 Å². The van der Waals surface area contributed by atoms with Crippen LogP contribution in [-0.2, 0) is 19.4 Å². The molecule has 4 fully saturated rings. The average Bonchev–Trinajstić information content (AvgIpc) is 3.64. The van der Waals surface area contributed by atoms with Gasteiger partial charge in [0.15, 0.2) is 0 Å². The zero-order chi connectivity index (χ0) is 32.1. The van der Waals surface area contributed by atoms with E-state index < -0.39 is 0 Å². The monoisotopic (exact) mass is 669 g/mol. The number of rotatable bonds is 0. The minimum Gasteiger partial charge on any atom is -0.508 e. The fourth-order valence-electron chi connectivity index (χ4n) is 12.5. The first-order valence-electron chi connectivity index (χ1n) is 19.3. The molecule has 0 unspecified atom stereocenters. The van der Waals surface area contributed by atoms with E-state index in [1.165, 1.54) is 111 Å². The first-order chi connectivity index (χ1) is 22.8. The SMILES string of the molecule is C[C@@H]1CC=C[C@]2(C1)C[C@@]1(CCC3(CCCC3)C1)C[C@@H]1[C@H]3Cc4cc(O)cc(c4)Cc4ccccc4CN[C@H](C)CSSC[C@H](C3)C[C@H]12. The zero-order valence-corrected chi connectivity index (χ0v) is 30.8. The molecule has 0 saturated heterocycles. The van der Waals surface area contributed by atoms with Crippen molar-refractivity contribution in [2.45, 2.75) is 123 Å². The van der Waals surface area contributed by atoms with E-state index >= 15 is 0 Å². The van der Waals surface area contributed by atoms with E-state index in [2.05, 4.69) is 89.3 Å². The van der Waals surface area contributed by atoms with Crippen molar-refractivity contribution in [2.75, 3.05) is 11.5 Å². The summed E-state index contributed by atoms with van der Waals surface area (Å²) >= 11 is 0. The molecule has 4 bridgehead atoms. The van der Waals surface area contributed by atoms with Gasteiger partial charge in [0, 0.05) is 24.1 Å². The second-order valence-electron chi connectivity index (χ2n) is 17.8. The van der Waals surface area contributed by atoms with Gasteiger partial charge in [-0.1, -0.05) is 83.8 Å². The number of phenols is 1. The van der Waals surface area contributed by atoms with Crippen molar-refractivity contribution in [3.05, 3.63) is 76.9 Å². The van der Waals surface area contributed by atoms with Gasteiger partial charge in [0.2, 0.25) is 0 Å². The molecule has 4 heteroatoms. The Labute approximate surface area is 293 Å². The molecule has 1 heterocycles. The molecular weight excluding hydrogens is 611 g/mol. The summed E-state index contributed by atoms with van der Waals surface area (Å²) < 4.78 is 0. The summed E-state index contributed by atoms with van der Waals surface area (Å²) in [4.78, 5) is 0. The molecule has 6 aliphatic rings. The highest BCUT2D eigenvalue weighted by Crippen LogP contribution is 2.70. The highest BCUT2D eigenvalue weighted by atomic mass is 33.1. The Balaban J connectivity index is 1.16. The van der Waals surface area contributed by atoms with E-state index in [0.29, 0.717) is 34.0 Å². The van der Waals surface area contributed by atoms with Crippen molar-refractivity contribution < 1.29 is 5.11 Å². The number of nitrogens with one attached hydrogen (secondary N) is 1. The van der Waals surface area contributed by atoms with Gasteiger partial charge in [0.25, 0.3) is 0 Å². The molecule has 8 atom stereocenters. The van der Waals surface area contributed by atoms with Crippen LogP contribution in [0.25, 0.3) is 0 Å².